The third-order valence-corrected chi connectivity index (χ3v) is 2.79. The first kappa shape index (κ1) is 9.90. The predicted octanol–water partition coefficient (Wildman–Crippen LogP) is 1.22. The second kappa shape index (κ2) is 3.85. The number of likely N-dealkylation sites (N-methyl/N-ethyl adjacent to an activating group) is 1. The van der Waals surface area contributed by atoms with Crippen LogP contribution < -0.4 is 0 Å². The minimum absolute atomic E-state index is 0.0401. The molecule has 0 aromatic carbocycles. The lowest BCUT2D eigenvalue weighted by atomic mass is 10.0. The van der Waals surface area contributed by atoms with E-state index in [0.29, 0.717) is 5.15 Å². The van der Waals surface area contributed by atoms with Gasteiger partial charge in [-0.05, 0) is 24.2 Å². The Kier molecular flexibility index (Phi) is 2.72. The third kappa shape index (κ3) is 1.75. The molecule has 1 aliphatic heterocycles. The number of hydrogen-bond donors (Lipinski definition) is 1. The quantitative estimate of drug-likeness (QED) is 0.712. The van der Waals surface area contributed by atoms with Gasteiger partial charge in [0.15, 0.2) is 0 Å². The zero-order valence-electron chi connectivity index (χ0n) is 8.13. The van der Waals surface area contributed by atoms with Crippen molar-refractivity contribution in [2.24, 2.45) is 0 Å². The lowest BCUT2D eigenvalue weighted by molar-refractivity contribution is 0.269. The summed E-state index contributed by atoms with van der Waals surface area (Å²) in [4.78, 5) is 6.50. The number of aliphatic hydroxyl groups excluding tert-OH is 1. The topological polar surface area (TPSA) is 36.4 Å². The summed E-state index contributed by atoms with van der Waals surface area (Å²) in [5.41, 5.74) is 3.09. The lowest BCUT2D eigenvalue weighted by Crippen LogP contribution is -2.28. The van der Waals surface area contributed by atoms with Crippen molar-refractivity contribution in [3.63, 3.8) is 0 Å². The maximum atomic E-state index is 9.20. The van der Waals surface area contributed by atoms with Gasteiger partial charge < -0.3 is 10.0 Å². The highest BCUT2D eigenvalue weighted by Gasteiger charge is 2.18. The van der Waals surface area contributed by atoms with Gasteiger partial charge in [0, 0.05) is 25.2 Å². The largest absolute Gasteiger partial charge is 0.392 e. The highest BCUT2D eigenvalue weighted by atomic mass is 35.5. The molecule has 4 heteroatoms. The van der Waals surface area contributed by atoms with Crippen LogP contribution in [0.15, 0.2) is 6.07 Å². The molecule has 0 bridgehead atoms. The number of aliphatic hydroxyl groups is 1. The fraction of sp³-hybridized carbons (Fsp3) is 0.500. The Balaban J connectivity index is 2.47. The molecule has 0 unspecified atom stereocenters. The van der Waals surface area contributed by atoms with Crippen LogP contribution in [-0.4, -0.2) is 28.6 Å². The first-order chi connectivity index (χ1) is 6.70. The third-order valence-electron chi connectivity index (χ3n) is 2.60. The van der Waals surface area contributed by atoms with Crippen LogP contribution in [0.25, 0.3) is 0 Å². The van der Waals surface area contributed by atoms with E-state index >= 15 is 0 Å². The normalized spacial score (nSPS) is 16.8. The molecule has 0 aliphatic carbocycles. The molecular formula is C10H13ClN2O. The van der Waals surface area contributed by atoms with Crippen LogP contribution in [-0.2, 0) is 19.6 Å². The number of rotatable bonds is 1. The molecule has 3 nitrogen and oxygen atoms in total. The molecule has 2 rings (SSSR count). The van der Waals surface area contributed by atoms with E-state index in [0.717, 1.165) is 36.3 Å². The van der Waals surface area contributed by atoms with E-state index in [1.165, 1.54) is 0 Å². The average Bonchev–Trinajstić information content (AvgIpc) is 2.17. The summed E-state index contributed by atoms with van der Waals surface area (Å²) in [6.45, 7) is 1.90. The Labute approximate surface area is 88.3 Å². The first-order valence-electron chi connectivity index (χ1n) is 4.67. The number of aromatic nitrogens is 1. The predicted molar refractivity (Wildman–Crippen MR) is 55.2 cm³/mol. The fourth-order valence-corrected chi connectivity index (χ4v) is 2.07. The number of nitrogens with zero attached hydrogens (tertiary/aromatic N) is 2. The van der Waals surface area contributed by atoms with E-state index < -0.39 is 0 Å². The monoisotopic (exact) mass is 212 g/mol. The van der Waals surface area contributed by atoms with Gasteiger partial charge in [0.2, 0.25) is 0 Å². The average molecular weight is 213 g/mol. The van der Waals surface area contributed by atoms with Crippen molar-refractivity contribution < 1.29 is 5.11 Å². The van der Waals surface area contributed by atoms with Gasteiger partial charge in [-0.25, -0.2) is 4.98 Å². The molecule has 0 amide bonds. The SMILES string of the molecule is CN1CCc2nc(Cl)cc(CO)c2C1. The molecule has 2 heterocycles. The summed E-state index contributed by atoms with van der Waals surface area (Å²) < 4.78 is 0. The van der Waals surface area contributed by atoms with Crippen molar-refractivity contribution in [1.82, 2.24) is 9.88 Å². The van der Waals surface area contributed by atoms with Crippen LogP contribution >= 0.6 is 11.6 Å². The maximum absolute atomic E-state index is 9.20. The molecule has 14 heavy (non-hydrogen) atoms. The Hall–Kier alpha value is -0.640. The fourth-order valence-electron chi connectivity index (χ4n) is 1.83. The zero-order chi connectivity index (χ0) is 10.1. The van der Waals surface area contributed by atoms with Crippen molar-refractivity contribution in [2.75, 3.05) is 13.6 Å². The molecule has 0 saturated heterocycles. The highest BCUT2D eigenvalue weighted by molar-refractivity contribution is 6.29. The number of pyridine rings is 1. The van der Waals surface area contributed by atoms with Gasteiger partial charge in [-0.1, -0.05) is 11.6 Å². The first-order valence-corrected chi connectivity index (χ1v) is 5.05. The van der Waals surface area contributed by atoms with E-state index in [1.807, 2.05) is 0 Å². The molecule has 1 N–H and O–H groups in total. The smallest absolute Gasteiger partial charge is 0.129 e. The van der Waals surface area contributed by atoms with Gasteiger partial charge in [0.1, 0.15) is 5.15 Å². The van der Waals surface area contributed by atoms with Crippen molar-refractivity contribution in [1.29, 1.82) is 0 Å². The summed E-state index contributed by atoms with van der Waals surface area (Å²) in [6.07, 6.45) is 0.916. The zero-order valence-corrected chi connectivity index (χ0v) is 8.88. The molecule has 0 spiro atoms. The van der Waals surface area contributed by atoms with Crippen molar-refractivity contribution in [3.8, 4) is 0 Å². The van der Waals surface area contributed by atoms with Crippen molar-refractivity contribution in [3.05, 3.63) is 28.0 Å². The van der Waals surface area contributed by atoms with E-state index in [9.17, 15) is 5.11 Å². The summed E-state index contributed by atoms with van der Waals surface area (Å²) in [5, 5.41) is 9.68. The van der Waals surface area contributed by atoms with Crippen LogP contribution in [0.2, 0.25) is 5.15 Å². The van der Waals surface area contributed by atoms with Crippen LogP contribution in [0.3, 0.4) is 0 Å². The van der Waals surface area contributed by atoms with Crippen LogP contribution in [0, 0.1) is 0 Å². The van der Waals surface area contributed by atoms with Gasteiger partial charge in [-0.3, -0.25) is 0 Å². The van der Waals surface area contributed by atoms with E-state index in [4.69, 9.17) is 11.6 Å². The Morgan fingerprint density at radius 3 is 3.14 bits per heavy atom. The van der Waals surface area contributed by atoms with Crippen LogP contribution in [0.5, 0.6) is 0 Å². The summed E-state index contributed by atoms with van der Waals surface area (Å²) in [5.74, 6) is 0. The molecule has 0 fully saturated rings. The second-order valence-corrected chi connectivity index (χ2v) is 4.06. The van der Waals surface area contributed by atoms with Crippen LogP contribution in [0.4, 0.5) is 0 Å². The van der Waals surface area contributed by atoms with Crippen molar-refractivity contribution >= 4 is 11.6 Å². The molecule has 0 radical (unpaired) electrons. The Morgan fingerprint density at radius 2 is 2.43 bits per heavy atom. The Bertz CT molecular complexity index is 337. The van der Waals surface area contributed by atoms with E-state index in [1.54, 1.807) is 6.07 Å². The molecule has 76 valence electrons. The molecule has 1 aliphatic rings. The van der Waals surface area contributed by atoms with Gasteiger partial charge in [-0.15, -0.1) is 0 Å². The second-order valence-electron chi connectivity index (χ2n) is 3.68. The molecule has 1 aromatic rings. The van der Waals surface area contributed by atoms with E-state index in [-0.39, 0.29) is 6.61 Å². The van der Waals surface area contributed by atoms with Gasteiger partial charge in [0.25, 0.3) is 0 Å². The minimum atomic E-state index is 0.0401. The van der Waals surface area contributed by atoms with Gasteiger partial charge in [-0.2, -0.15) is 0 Å². The molecular weight excluding hydrogens is 200 g/mol. The van der Waals surface area contributed by atoms with Crippen LogP contribution in [0.1, 0.15) is 16.8 Å². The number of hydrogen-bond acceptors (Lipinski definition) is 3. The Morgan fingerprint density at radius 1 is 1.64 bits per heavy atom. The number of halogens is 1. The maximum Gasteiger partial charge on any atom is 0.129 e. The molecule has 0 saturated carbocycles. The van der Waals surface area contributed by atoms with Gasteiger partial charge >= 0.3 is 0 Å². The minimum Gasteiger partial charge on any atom is -0.392 e. The standard InChI is InChI=1S/C10H13ClN2O/c1-13-3-2-9-8(5-13)7(6-14)4-10(11)12-9/h4,14H,2-3,5-6H2,1H3. The highest BCUT2D eigenvalue weighted by Crippen LogP contribution is 2.23. The molecule has 1 aromatic heterocycles. The van der Waals surface area contributed by atoms with Gasteiger partial charge in [0.05, 0.1) is 6.61 Å². The summed E-state index contributed by atoms with van der Waals surface area (Å²) in [7, 11) is 2.07. The summed E-state index contributed by atoms with van der Waals surface area (Å²) in [6, 6.07) is 1.75. The van der Waals surface area contributed by atoms with Crippen molar-refractivity contribution in [2.45, 2.75) is 19.6 Å². The van der Waals surface area contributed by atoms with E-state index in [2.05, 4.69) is 16.9 Å². The summed E-state index contributed by atoms with van der Waals surface area (Å²) >= 11 is 5.86. The molecule has 0 atom stereocenters. The number of fused-ring (bicyclic) bond motifs is 1. The lowest BCUT2D eigenvalue weighted by Gasteiger charge is -2.25.